The molecule has 0 saturated heterocycles. The second kappa shape index (κ2) is 4.79. The Balaban J connectivity index is 1.62. The largest absolute Gasteiger partial charge is 0.224 e. The van der Waals surface area contributed by atoms with Crippen LogP contribution in [0.25, 0.3) is 0 Å². The van der Waals surface area contributed by atoms with Gasteiger partial charge in [0.1, 0.15) is 0 Å². The molecule has 0 amide bonds. The molecular formula is C18H21N3S. The first-order chi connectivity index (χ1) is 10.5. The molecule has 114 valence electrons. The second-order valence-electron chi connectivity index (χ2n) is 7.25. The minimum Gasteiger partial charge on any atom is -0.224 e. The average molecular weight is 311 g/mol. The molecule has 2 aromatic rings. The summed E-state index contributed by atoms with van der Waals surface area (Å²) in [6.45, 7) is 7.09. The summed E-state index contributed by atoms with van der Waals surface area (Å²) in [4.78, 5) is 4.91. The first-order valence-electron chi connectivity index (χ1n) is 7.94. The van der Waals surface area contributed by atoms with Gasteiger partial charge < -0.3 is 0 Å². The summed E-state index contributed by atoms with van der Waals surface area (Å²) in [5, 5.41) is 9.76. The highest BCUT2D eigenvalue weighted by atomic mass is 32.2. The highest BCUT2D eigenvalue weighted by molar-refractivity contribution is 7.98. The number of aromatic nitrogens is 3. The monoisotopic (exact) mass is 311 g/mol. The van der Waals surface area contributed by atoms with Gasteiger partial charge in [0, 0.05) is 17.1 Å². The quantitative estimate of drug-likeness (QED) is 0.790. The van der Waals surface area contributed by atoms with Crippen LogP contribution in [0.3, 0.4) is 0 Å². The van der Waals surface area contributed by atoms with E-state index in [0.717, 1.165) is 16.6 Å². The highest BCUT2D eigenvalue weighted by Gasteiger charge is 2.61. The van der Waals surface area contributed by atoms with Crippen molar-refractivity contribution in [2.45, 2.75) is 55.9 Å². The molecule has 4 rings (SSSR count). The number of fused-ring (bicyclic) bond motifs is 5. The van der Waals surface area contributed by atoms with Crippen LogP contribution in [0.1, 0.15) is 56.5 Å². The van der Waals surface area contributed by atoms with E-state index in [2.05, 4.69) is 55.2 Å². The molecular weight excluding hydrogens is 290 g/mol. The molecule has 0 N–H and O–H groups in total. The van der Waals surface area contributed by atoms with Crippen molar-refractivity contribution in [1.29, 1.82) is 0 Å². The zero-order valence-corrected chi connectivity index (χ0v) is 14.2. The molecule has 1 aromatic heterocycles. The van der Waals surface area contributed by atoms with Gasteiger partial charge >= 0.3 is 0 Å². The van der Waals surface area contributed by atoms with Gasteiger partial charge in [-0.15, -0.1) is 5.10 Å². The first kappa shape index (κ1) is 14.2. The fourth-order valence-electron chi connectivity index (χ4n) is 4.15. The summed E-state index contributed by atoms with van der Waals surface area (Å²) in [7, 11) is 0. The van der Waals surface area contributed by atoms with Crippen molar-refractivity contribution in [3.63, 3.8) is 0 Å². The Kier molecular flexibility index (Phi) is 3.09. The number of nitrogens with zero attached hydrogens (tertiary/aromatic N) is 3. The summed E-state index contributed by atoms with van der Waals surface area (Å²) in [5.74, 6) is 1.42. The third-order valence-corrected chi connectivity index (χ3v) is 6.89. The van der Waals surface area contributed by atoms with Crippen LogP contribution < -0.4 is 0 Å². The van der Waals surface area contributed by atoms with E-state index >= 15 is 0 Å². The van der Waals surface area contributed by atoms with Gasteiger partial charge in [-0.3, -0.25) is 0 Å². The number of hydrogen-bond acceptors (Lipinski definition) is 4. The molecule has 22 heavy (non-hydrogen) atoms. The molecule has 0 aliphatic heterocycles. The zero-order chi connectivity index (χ0) is 15.4. The predicted molar refractivity (Wildman–Crippen MR) is 88.9 cm³/mol. The van der Waals surface area contributed by atoms with Gasteiger partial charge in [0.2, 0.25) is 5.16 Å². The van der Waals surface area contributed by atoms with Gasteiger partial charge in [-0.1, -0.05) is 62.9 Å². The molecule has 4 heteroatoms. The Morgan fingerprint density at radius 2 is 1.91 bits per heavy atom. The highest BCUT2D eigenvalue weighted by Crippen LogP contribution is 2.66. The smallest absolute Gasteiger partial charge is 0.209 e. The molecule has 2 bridgehead atoms. The fraction of sp³-hybridized carbons (Fsp3) is 0.500. The number of rotatable bonds is 3. The molecule has 2 aliphatic carbocycles. The van der Waals surface area contributed by atoms with Crippen LogP contribution in [0.2, 0.25) is 0 Å². The Bertz CT molecular complexity index is 714. The number of benzene rings is 1. The molecule has 1 aromatic carbocycles. The summed E-state index contributed by atoms with van der Waals surface area (Å²) in [6, 6.07) is 10.5. The van der Waals surface area contributed by atoms with Crippen molar-refractivity contribution in [2.24, 2.45) is 5.41 Å². The molecule has 0 unspecified atom stereocenters. The van der Waals surface area contributed by atoms with Crippen molar-refractivity contribution >= 4 is 11.8 Å². The van der Waals surface area contributed by atoms with Gasteiger partial charge in [-0.2, -0.15) is 5.10 Å². The lowest BCUT2D eigenvalue weighted by Crippen LogP contribution is -2.32. The van der Waals surface area contributed by atoms with E-state index < -0.39 is 0 Å². The van der Waals surface area contributed by atoms with Crippen molar-refractivity contribution in [3.05, 3.63) is 47.3 Å². The maximum atomic E-state index is 4.91. The Morgan fingerprint density at radius 3 is 2.68 bits per heavy atom. The first-order valence-corrected chi connectivity index (χ1v) is 8.93. The Hall–Kier alpha value is -1.42. The van der Waals surface area contributed by atoms with Gasteiger partial charge in [-0.05, 0) is 23.8 Å². The number of hydrogen-bond donors (Lipinski definition) is 0. The van der Waals surface area contributed by atoms with Crippen LogP contribution in [0.15, 0.2) is 35.5 Å². The number of thioether (sulfide) groups is 1. The van der Waals surface area contributed by atoms with Crippen LogP contribution in [-0.4, -0.2) is 15.2 Å². The summed E-state index contributed by atoms with van der Waals surface area (Å²) in [5.41, 5.74) is 4.07. The lowest BCUT2D eigenvalue weighted by atomic mass is 9.70. The third kappa shape index (κ3) is 1.86. The van der Waals surface area contributed by atoms with Crippen molar-refractivity contribution in [2.75, 3.05) is 0 Å². The van der Waals surface area contributed by atoms with Crippen molar-refractivity contribution < 1.29 is 0 Å². The van der Waals surface area contributed by atoms with Crippen LogP contribution in [-0.2, 0) is 11.2 Å². The minimum atomic E-state index is 0.158. The van der Waals surface area contributed by atoms with E-state index in [-0.39, 0.29) is 10.8 Å². The maximum Gasteiger partial charge on any atom is 0.209 e. The molecule has 0 radical (unpaired) electrons. The normalized spacial score (nSPS) is 27.9. The zero-order valence-electron chi connectivity index (χ0n) is 13.3. The SMILES string of the molecule is CC1(C)[C@@H]2CC[C@@]1(C)c1nc(SCc3ccccc3)nnc12. The van der Waals surface area contributed by atoms with Crippen LogP contribution in [0.4, 0.5) is 0 Å². The van der Waals surface area contributed by atoms with E-state index in [0.29, 0.717) is 5.92 Å². The maximum absolute atomic E-state index is 4.91. The summed E-state index contributed by atoms with van der Waals surface area (Å²) in [6.07, 6.45) is 2.45. The van der Waals surface area contributed by atoms with E-state index in [1.165, 1.54) is 24.1 Å². The lowest BCUT2D eigenvalue weighted by Gasteiger charge is -2.33. The second-order valence-corrected chi connectivity index (χ2v) is 8.19. The minimum absolute atomic E-state index is 0.158. The topological polar surface area (TPSA) is 38.7 Å². The van der Waals surface area contributed by atoms with Gasteiger partial charge in [0.15, 0.2) is 0 Å². The third-order valence-electron chi connectivity index (χ3n) is 5.98. The van der Waals surface area contributed by atoms with Gasteiger partial charge in [0.05, 0.1) is 11.4 Å². The Labute approximate surface area is 136 Å². The molecule has 1 saturated carbocycles. The van der Waals surface area contributed by atoms with Crippen molar-refractivity contribution in [3.8, 4) is 0 Å². The van der Waals surface area contributed by atoms with Gasteiger partial charge in [-0.25, -0.2) is 4.98 Å². The summed E-state index contributed by atoms with van der Waals surface area (Å²) >= 11 is 1.68. The van der Waals surface area contributed by atoms with Gasteiger partial charge in [0.25, 0.3) is 0 Å². The molecule has 2 aliphatic rings. The molecule has 0 spiro atoms. The van der Waals surface area contributed by atoms with E-state index in [1.807, 2.05) is 6.07 Å². The molecule has 2 atom stereocenters. The molecule has 1 fully saturated rings. The van der Waals surface area contributed by atoms with E-state index in [4.69, 9.17) is 4.98 Å². The van der Waals surface area contributed by atoms with Crippen LogP contribution >= 0.6 is 11.8 Å². The van der Waals surface area contributed by atoms with Crippen LogP contribution in [0, 0.1) is 5.41 Å². The van der Waals surface area contributed by atoms with E-state index in [9.17, 15) is 0 Å². The Morgan fingerprint density at radius 1 is 1.14 bits per heavy atom. The van der Waals surface area contributed by atoms with Crippen LogP contribution in [0.5, 0.6) is 0 Å². The average Bonchev–Trinajstić information content (AvgIpc) is 2.86. The lowest BCUT2D eigenvalue weighted by molar-refractivity contribution is 0.226. The fourth-order valence-corrected chi connectivity index (χ4v) is 4.89. The standard InChI is InChI=1S/C18H21N3S/c1-17(2)13-9-10-18(17,3)15-14(13)20-21-16(19-15)22-11-12-7-5-4-6-8-12/h4-8,13H,9-11H2,1-3H3/t13-,18+/m1/s1. The molecule has 3 nitrogen and oxygen atoms in total. The van der Waals surface area contributed by atoms with E-state index in [1.54, 1.807) is 11.8 Å². The molecule has 1 heterocycles. The van der Waals surface area contributed by atoms with Crippen molar-refractivity contribution in [1.82, 2.24) is 15.2 Å². The summed E-state index contributed by atoms with van der Waals surface area (Å²) < 4.78 is 0. The predicted octanol–water partition coefficient (Wildman–Crippen LogP) is 4.34.